The fourth-order valence-corrected chi connectivity index (χ4v) is 2.89. The Morgan fingerprint density at radius 1 is 1.56 bits per heavy atom. The smallest absolute Gasteiger partial charge is 0.0860 e. The lowest BCUT2D eigenvalue weighted by molar-refractivity contribution is 0.535. The largest absolute Gasteiger partial charge is 0.304 e. The van der Waals surface area contributed by atoms with E-state index in [1.165, 1.54) is 4.88 Å². The normalized spacial score (nSPS) is 12.9. The van der Waals surface area contributed by atoms with Crippen molar-refractivity contribution in [2.75, 3.05) is 0 Å². The topological polar surface area (TPSA) is 29.9 Å². The molecular formula is C13H18ClN3S. The van der Waals surface area contributed by atoms with Gasteiger partial charge >= 0.3 is 0 Å². The molecule has 3 nitrogen and oxygen atoms in total. The summed E-state index contributed by atoms with van der Waals surface area (Å²) < 4.78 is 1.96. The highest BCUT2D eigenvalue weighted by Crippen LogP contribution is 2.22. The van der Waals surface area contributed by atoms with Gasteiger partial charge in [-0.15, -0.1) is 11.3 Å². The van der Waals surface area contributed by atoms with E-state index in [1.54, 1.807) is 11.3 Å². The molecule has 98 valence electrons. The second-order valence-electron chi connectivity index (χ2n) is 4.28. The lowest BCUT2D eigenvalue weighted by Crippen LogP contribution is -2.19. The number of thiophene rings is 1. The molecular weight excluding hydrogens is 266 g/mol. The molecule has 0 saturated heterocycles. The molecule has 0 radical (unpaired) electrons. The highest BCUT2D eigenvalue weighted by molar-refractivity contribution is 7.10. The Hall–Kier alpha value is -0.840. The predicted molar refractivity (Wildman–Crippen MR) is 77.2 cm³/mol. The van der Waals surface area contributed by atoms with Gasteiger partial charge in [-0.1, -0.05) is 17.7 Å². The molecule has 1 unspecified atom stereocenters. The van der Waals surface area contributed by atoms with Crippen LogP contribution in [0.15, 0.2) is 17.5 Å². The molecule has 1 atom stereocenters. The molecule has 0 spiro atoms. The summed E-state index contributed by atoms with van der Waals surface area (Å²) in [5.74, 6) is 0. The van der Waals surface area contributed by atoms with Crippen LogP contribution in [0.3, 0.4) is 0 Å². The number of nitrogens with zero attached hydrogens (tertiary/aromatic N) is 2. The second-order valence-corrected chi connectivity index (χ2v) is 5.64. The summed E-state index contributed by atoms with van der Waals surface area (Å²) in [6, 6.07) is 4.55. The molecule has 0 aromatic carbocycles. The van der Waals surface area contributed by atoms with Crippen molar-refractivity contribution in [3.8, 4) is 0 Å². The molecule has 5 heteroatoms. The van der Waals surface area contributed by atoms with E-state index < -0.39 is 0 Å². The number of rotatable bonds is 5. The van der Waals surface area contributed by atoms with Gasteiger partial charge in [0.2, 0.25) is 0 Å². The van der Waals surface area contributed by atoms with Crippen LogP contribution >= 0.6 is 22.9 Å². The first-order valence-electron chi connectivity index (χ1n) is 6.12. The molecule has 0 bridgehead atoms. The van der Waals surface area contributed by atoms with Gasteiger partial charge in [0.15, 0.2) is 0 Å². The molecule has 0 aliphatic rings. The molecule has 1 N–H and O–H groups in total. The van der Waals surface area contributed by atoms with E-state index in [1.807, 2.05) is 11.6 Å². The number of nitrogens with one attached hydrogen (secondary N) is 1. The van der Waals surface area contributed by atoms with E-state index in [9.17, 15) is 0 Å². The quantitative estimate of drug-likeness (QED) is 0.905. The molecule has 18 heavy (non-hydrogen) atoms. The summed E-state index contributed by atoms with van der Waals surface area (Å²) in [6.45, 7) is 7.78. The predicted octanol–water partition coefficient (Wildman–Crippen LogP) is 3.78. The maximum absolute atomic E-state index is 6.28. The monoisotopic (exact) mass is 283 g/mol. The minimum absolute atomic E-state index is 0.335. The summed E-state index contributed by atoms with van der Waals surface area (Å²) >= 11 is 8.05. The van der Waals surface area contributed by atoms with Gasteiger partial charge < -0.3 is 5.32 Å². The van der Waals surface area contributed by atoms with Gasteiger partial charge in [0, 0.05) is 24.0 Å². The van der Waals surface area contributed by atoms with Crippen LogP contribution in [0.4, 0.5) is 0 Å². The third-order valence-electron chi connectivity index (χ3n) is 3.00. The Morgan fingerprint density at radius 3 is 2.94 bits per heavy atom. The zero-order valence-electron chi connectivity index (χ0n) is 10.9. The van der Waals surface area contributed by atoms with Crippen molar-refractivity contribution >= 4 is 22.9 Å². The Balaban J connectivity index is 2.06. The van der Waals surface area contributed by atoms with Crippen molar-refractivity contribution in [2.24, 2.45) is 0 Å². The van der Waals surface area contributed by atoms with E-state index in [0.717, 1.165) is 29.5 Å². The Bertz CT molecular complexity index is 505. The first-order valence-corrected chi connectivity index (χ1v) is 7.37. The average Bonchev–Trinajstić information content (AvgIpc) is 2.97. The fourth-order valence-electron chi connectivity index (χ4n) is 1.93. The van der Waals surface area contributed by atoms with Gasteiger partial charge in [-0.25, -0.2) is 0 Å². The first-order chi connectivity index (χ1) is 8.63. The van der Waals surface area contributed by atoms with Crippen molar-refractivity contribution in [3.05, 3.63) is 38.8 Å². The Labute approximate surface area is 117 Å². The van der Waals surface area contributed by atoms with Crippen LogP contribution in [-0.4, -0.2) is 9.78 Å². The lowest BCUT2D eigenvalue weighted by atomic mass is 10.2. The number of halogens is 1. The average molecular weight is 284 g/mol. The molecule has 0 aliphatic heterocycles. The van der Waals surface area contributed by atoms with E-state index in [0.29, 0.717) is 6.04 Å². The second kappa shape index (κ2) is 5.87. The van der Waals surface area contributed by atoms with E-state index in [2.05, 4.69) is 41.8 Å². The molecule has 2 rings (SSSR count). The maximum Gasteiger partial charge on any atom is 0.0860 e. The summed E-state index contributed by atoms with van der Waals surface area (Å²) in [5, 5.41) is 10.8. The lowest BCUT2D eigenvalue weighted by Gasteiger charge is -2.13. The minimum Gasteiger partial charge on any atom is -0.304 e. The number of hydrogen-bond acceptors (Lipinski definition) is 3. The van der Waals surface area contributed by atoms with Crippen LogP contribution in [0.25, 0.3) is 0 Å². The number of aryl methyl sites for hydroxylation is 2. The SMILES string of the molecule is CCn1nc(C)c(Cl)c1CNC(C)c1cccs1. The Kier molecular flexibility index (Phi) is 4.43. The standard InChI is InChI=1S/C13H18ClN3S/c1-4-17-11(13(14)10(3)16-17)8-15-9(2)12-6-5-7-18-12/h5-7,9,15H,4,8H2,1-3H3. The third kappa shape index (κ3) is 2.76. The summed E-state index contributed by atoms with van der Waals surface area (Å²) in [5.41, 5.74) is 1.97. The maximum atomic E-state index is 6.28. The molecule has 0 amide bonds. The first kappa shape index (κ1) is 13.6. The third-order valence-corrected chi connectivity index (χ3v) is 4.55. The van der Waals surface area contributed by atoms with E-state index in [-0.39, 0.29) is 0 Å². The molecule has 0 saturated carbocycles. The minimum atomic E-state index is 0.335. The van der Waals surface area contributed by atoms with Crippen LogP contribution in [0.5, 0.6) is 0 Å². The number of hydrogen-bond donors (Lipinski definition) is 1. The highest BCUT2D eigenvalue weighted by atomic mass is 35.5. The van der Waals surface area contributed by atoms with E-state index >= 15 is 0 Å². The zero-order chi connectivity index (χ0) is 13.1. The van der Waals surface area contributed by atoms with Gasteiger partial charge in [-0.2, -0.15) is 5.10 Å². The molecule has 0 aliphatic carbocycles. The van der Waals surface area contributed by atoms with Crippen LogP contribution in [0, 0.1) is 6.92 Å². The Morgan fingerprint density at radius 2 is 2.33 bits per heavy atom. The van der Waals surface area contributed by atoms with Gasteiger partial charge in [0.25, 0.3) is 0 Å². The molecule has 2 aromatic rings. The van der Waals surface area contributed by atoms with Crippen molar-refractivity contribution in [3.63, 3.8) is 0 Å². The van der Waals surface area contributed by atoms with E-state index in [4.69, 9.17) is 11.6 Å². The summed E-state index contributed by atoms with van der Waals surface area (Å²) in [6.07, 6.45) is 0. The van der Waals surface area contributed by atoms with Crippen LogP contribution in [-0.2, 0) is 13.1 Å². The zero-order valence-corrected chi connectivity index (χ0v) is 12.5. The van der Waals surface area contributed by atoms with Crippen LogP contribution in [0.2, 0.25) is 5.02 Å². The van der Waals surface area contributed by atoms with Crippen molar-refractivity contribution in [2.45, 2.75) is 39.9 Å². The molecule has 2 heterocycles. The van der Waals surface area contributed by atoms with Crippen LogP contribution < -0.4 is 5.32 Å². The highest BCUT2D eigenvalue weighted by Gasteiger charge is 2.13. The fraction of sp³-hybridized carbons (Fsp3) is 0.462. The molecule has 2 aromatic heterocycles. The van der Waals surface area contributed by atoms with Gasteiger partial charge in [0.1, 0.15) is 0 Å². The van der Waals surface area contributed by atoms with Crippen molar-refractivity contribution in [1.29, 1.82) is 0 Å². The number of aromatic nitrogens is 2. The van der Waals surface area contributed by atoms with Gasteiger partial charge in [-0.3, -0.25) is 4.68 Å². The van der Waals surface area contributed by atoms with Crippen LogP contribution in [0.1, 0.15) is 36.2 Å². The van der Waals surface area contributed by atoms with Gasteiger partial charge in [0.05, 0.1) is 16.4 Å². The van der Waals surface area contributed by atoms with Gasteiger partial charge in [-0.05, 0) is 32.2 Å². The molecule has 0 fully saturated rings. The summed E-state index contributed by atoms with van der Waals surface area (Å²) in [4.78, 5) is 1.34. The van der Waals surface area contributed by atoms with Crippen molar-refractivity contribution < 1.29 is 0 Å². The summed E-state index contributed by atoms with van der Waals surface area (Å²) in [7, 11) is 0. The van der Waals surface area contributed by atoms with Crippen molar-refractivity contribution in [1.82, 2.24) is 15.1 Å².